The average molecular weight is 1220 g/mol. The van der Waals surface area contributed by atoms with Gasteiger partial charge >= 0.3 is 0 Å². The van der Waals surface area contributed by atoms with Gasteiger partial charge in [-0.2, -0.15) is 0 Å². The number of hydrogen-bond acceptors (Lipinski definition) is 2. The Morgan fingerprint density at radius 3 is 0.707 bits per heavy atom. The first kappa shape index (κ1) is 66.3. The summed E-state index contributed by atoms with van der Waals surface area (Å²) in [5.74, 6) is 0. The maximum absolute atomic E-state index is 2.68. The molecule has 8 aromatic rings. The second-order valence-electron chi connectivity index (χ2n) is 27.7. The fourth-order valence-corrected chi connectivity index (χ4v) is 15.2. The Balaban J connectivity index is 0.680. The fourth-order valence-electron chi connectivity index (χ4n) is 15.2. The maximum Gasteiger partial charge on any atom is 0.0366 e. The molecule has 0 fully saturated rings. The van der Waals surface area contributed by atoms with Gasteiger partial charge in [-0.3, -0.25) is 0 Å². The summed E-state index contributed by atoms with van der Waals surface area (Å²) in [6.45, 7) is 13.9. The number of rotatable bonds is 36. The van der Waals surface area contributed by atoms with E-state index in [9.17, 15) is 0 Å². The van der Waals surface area contributed by atoms with Crippen molar-refractivity contribution in [3.05, 3.63) is 213 Å². The van der Waals surface area contributed by atoms with Crippen LogP contribution in [-0.2, 0) is 38.5 Å². The molecule has 0 bridgehead atoms. The van der Waals surface area contributed by atoms with Gasteiger partial charge in [0.25, 0.3) is 0 Å². The minimum Gasteiger partial charge on any atom is -0.372 e. The second-order valence-corrected chi connectivity index (χ2v) is 27.7. The molecular weight excluding hydrogens is 1110 g/mol. The topological polar surface area (TPSA) is 6.48 Å². The van der Waals surface area contributed by atoms with E-state index < -0.39 is 0 Å². The monoisotopic (exact) mass is 1220 g/mol. The summed E-state index contributed by atoms with van der Waals surface area (Å²) in [6, 6.07) is 62.0. The van der Waals surface area contributed by atoms with Gasteiger partial charge in [0, 0.05) is 37.6 Å². The summed E-state index contributed by atoms with van der Waals surface area (Å²) in [6.07, 6.45) is 48.1. The Hall–Kier alpha value is -7.16. The van der Waals surface area contributed by atoms with Crippen molar-refractivity contribution in [3.63, 3.8) is 0 Å². The van der Waals surface area contributed by atoms with Gasteiger partial charge in [-0.25, -0.2) is 0 Å². The van der Waals surface area contributed by atoms with Gasteiger partial charge in [-0.15, -0.1) is 0 Å². The lowest BCUT2D eigenvalue weighted by atomic mass is 9.83. The molecule has 2 nitrogen and oxygen atoms in total. The Bertz CT molecular complexity index is 3390. The van der Waals surface area contributed by atoms with Gasteiger partial charge in [0.1, 0.15) is 0 Å². The summed E-state index contributed by atoms with van der Waals surface area (Å²) in [5.41, 5.74) is 30.3. The van der Waals surface area contributed by atoms with Crippen molar-refractivity contribution in [1.29, 1.82) is 0 Å². The molecule has 11 rings (SSSR count). The van der Waals surface area contributed by atoms with Crippen molar-refractivity contribution in [2.75, 3.05) is 36.0 Å². The van der Waals surface area contributed by atoms with Crippen LogP contribution in [0, 0.1) is 0 Å². The van der Waals surface area contributed by atoms with Gasteiger partial charge in [0.05, 0.1) is 0 Å². The van der Waals surface area contributed by atoms with Crippen LogP contribution in [0.4, 0.5) is 11.4 Å². The van der Waals surface area contributed by atoms with Crippen LogP contribution in [0.25, 0.3) is 79.9 Å². The summed E-state index contributed by atoms with van der Waals surface area (Å²) >= 11 is 0. The third kappa shape index (κ3) is 17.9. The number of hydrogen-bond donors (Lipinski definition) is 0. The van der Waals surface area contributed by atoms with E-state index in [1.165, 1.54) is 303 Å². The molecule has 0 amide bonds. The van der Waals surface area contributed by atoms with Crippen LogP contribution in [0.15, 0.2) is 158 Å². The van der Waals surface area contributed by atoms with Gasteiger partial charge in [-0.1, -0.05) is 314 Å². The lowest BCUT2D eigenvalue weighted by molar-refractivity contribution is 0.575. The first-order valence-electron chi connectivity index (χ1n) is 37.3. The normalized spacial score (nSPS) is 13.0. The molecule has 3 aliphatic rings. The molecule has 0 aliphatic heterocycles. The molecule has 0 heterocycles. The van der Waals surface area contributed by atoms with E-state index in [1.807, 2.05) is 0 Å². The minimum atomic E-state index is 1.07. The highest BCUT2D eigenvalue weighted by atomic mass is 15.1. The Labute approximate surface area is 557 Å². The largest absolute Gasteiger partial charge is 0.372 e. The molecule has 0 saturated carbocycles. The molecule has 92 heavy (non-hydrogen) atoms. The van der Waals surface area contributed by atoms with Crippen LogP contribution in [0.3, 0.4) is 0 Å². The van der Waals surface area contributed by atoms with Crippen LogP contribution in [0.5, 0.6) is 0 Å². The van der Waals surface area contributed by atoms with Crippen molar-refractivity contribution >= 4 is 35.7 Å². The summed E-state index contributed by atoms with van der Waals surface area (Å²) < 4.78 is 0. The van der Waals surface area contributed by atoms with E-state index in [0.29, 0.717) is 0 Å². The Morgan fingerprint density at radius 2 is 0.446 bits per heavy atom. The highest BCUT2D eigenvalue weighted by Crippen LogP contribution is 2.41. The molecule has 480 valence electrons. The van der Waals surface area contributed by atoms with E-state index in [2.05, 4.69) is 220 Å². The SMILES string of the molecule is CCCCCCCCN(CCCCCCCC)c1ccc(-c2ccc3c(c2)CCc2cc(/C=C/c4ccc5c(c4)CCc4cc(/C=C/c6ccc7c(c6)CCc6cc(-c8ccc(N(CCCCCCCC)CCCCCCCC)cc8)ccc6-7)ccc4-5)ccc2-3)cc1. The number of aryl methyl sites for hydroxylation is 6. The van der Waals surface area contributed by atoms with Crippen LogP contribution in [-0.4, -0.2) is 26.2 Å². The highest BCUT2D eigenvalue weighted by Gasteiger charge is 2.21. The zero-order valence-electron chi connectivity index (χ0n) is 57.3. The van der Waals surface area contributed by atoms with Gasteiger partial charge in [0.15, 0.2) is 0 Å². The third-order valence-electron chi connectivity index (χ3n) is 20.8. The van der Waals surface area contributed by atoms with E-state index in [1.54, 1.807) is 0 Å². The molecule has 3 aliphatic carbocycles. The van der Waals surface area contributed by atoms with Crippen molar-refractivity contribution in [1.82, 2.24) is 0 Å². The molecular formula is C90H110N2. The number of fused-ring (bicyclic) bond motifs is 9. The number of nitrogens with zero attached hydrogens (tertiary/aromatic N) is 2. The average Bonchev–Trinajstić information content (AvgIpc) is 0.959. The van der Waals surface area contributed by atoms with Crippen LogP contribution in [0.2, 0.25) is 0 Å². The first-order chi connectivity index (χ1) is 45.4. The van der Waals surface area contributed by atoms with E-state index in [4.69, 9.17) is 0 Å². The van der Waals surface area contributed by atoms with Crippen molar-refractivity contribution < 1.29 is 0 Å². The number of benzene rings is 8. The predicted octanol–water partition coefficient (Wildman–Crippen LogP) is 25.7. The van der Waals surface area contributed by atoms with Gasteiger partial charge < -0.3 is 9.80 Å². The Morgan fingerprint density at radius 1 is 0.228 bits per heavy atom. The molecule has 0 aromatic heterocycles. The standard InChI is InChI=1S/C90H110N2/c1-5-9-13-17-21-25-59-91(60-26-22-18-14-10-6-2)83-49-43-73(44-50-83)75-47-57-89-81(67-75)41-39-79-65-71(35-55-87(79)89)31-29-69-33-53-85-77(63-69)37-38-78-64-70(34-54-86(78)85)30-32-72-36-56-88-80(66-72)40-42-82-68-76(48-58-90(82)88)74-45-51-84(52-46-74)92(61-27-23-19-15-11-7-3)62-28-24-20-16-12-8-4/h29-36,43-58,63-68H,5-28,37-42,59-62H2,1-4H3/b31-29+,32-30+. The molecule has 0 N–H and O–H groups in total. The first-order valence-corrected chi connectivity index (χ1v) is 37.3. The zero-order valence-corrected chi connectivity index (χ0v) is 57.3. The fraction of sp³-hybridized carbons (Fsp3) is 0.422. The Kier molecular flexibility index (Phi) is 25.0. The van der Waals surface area contributed by atoms with Gasteiger partial charge in [-0.05, 0) is 200 Å². The molecule has 0 saturated heterocycles. The van der Waals surface area contributed by atoms with E-state index in [0.717, 1.165) is 38.5 Å². The lowest BCUT2D eigenvalue weighted by Crippen LogP contribution is -2.25. The lowest BCUT2D eigenvalue weighted by Gasteiger charge is -2.25. The molecule has 0 radical (unpaired) electrons. The van der Waals surface area contributed by atoms with E-state index >= 15 is 0 Å². The molecule has 0 unspecified atom stereocenters. The van der Waals surface area contributed by atoms with Crippen molar-refractivity contribution in [2.45, 2.75) is 220 Å². The van der Waals surface area contributed by atoms with Crippen LogP contribution >= 0.6 is 0 Å². The second kappa shape index (κ2) is 34.7. The number of anilines is 2. The number of unbranched alkanes of at least 4 members (excludes halogenated alkanes) is 20. The minimum absolute atomic E-state index is 1.07. The van der Waals surface area contributed by atoms with Crippen molar-refractivity contribution in [2.24, 2.45) is 0 Å². The highest BCUT2D eigenvalue weighted by molar-refractivity contribution is 5.84. The summed E-state index contributed by atoms with van der Waals surface area (Å²) in [4.78, 5) is 5.36. The van der Waals surface area contributed by atoms with Crippen molar-refractivity contribution in [3.8, 4) is 55.6 Å². The smallest absolute Gasteiger partial charge is 0.0366 e. The van der Waals surface area contributed by atoms with Crippen LogP contribution in [0.1, 0.15) is 237 Å². The zero-order chi connectivity index (χ0) is 63.1. The van der Waals surface area contributed by atoms with Crippen LogP contribution < -0.4 is 9.80 Å². The molecule has 8 aromatic carbocycles. The summed E-state index contributed by atoms with van der Waals surface area (Å²) in [5, 5.41) is 0. The molecule has 0 spiro atoms. The third-order valence-corrected chi connectivity index (χ3v) is 20.8. The maximum atomic E-state index is 2.68. The van der Waals surface area contributed by atoms with Gasteiger partial charge in [0.2, 0.25) is 0 Å². The predicted molar refractivity (Wildman–Crippen MR) is 405 cm³/mol. The quantitative estimate of drug-likeness (QED) is 0.0285. The molecule has 2 heteroatoms. The van der Waals surface area contributed by atoms with E-state index in [-0.39, 0.29) is 0 Å². The summed E-state index contributed by atoms with van der Waals surface area (Å²) in [7, 11) is 0. The molecule has 0 atom stereocenters.